The van der Waals surface area contributed by atoms with E-state index in [1.807, 2.05) is 6.20 Å². The Bertz CT molecular complexity index is 414. The summed E-state index contributed by atoms with van der Waals surface area (Å²) in [6.07, 6.45) is 4.67. The number of aromatic amines is 1. The molecule has 3 heterocycles. The molecule has 2 aliphatic heterocycles. The molecule has 1 aromatic heterocycles. The lowest BCUT2D eigenvalue weighted by molar-refractivity contribution is 0.0224. The van der Waals surface area contributed by atoms with Gasteiger partial charge in [0.2, 0.25) is 0 Å². The van der Waals surface area contributed by atoms with E-state index in [-0.39, 0.29) is 0 Å². The van der Waals surface area contributed by atoms with Gasteiger partial charge >= 0.3 is 0 Å². The van der Waals surface area contributed by atoms with Crippen LogP contribution in [-0.2, 0) is 11.3 Å². The van der Waals surface area contributed by atoms with Crippen molar-refractivity contribution in [2.45, 2.75) is 26.3 Å². The number of aromatic nitrogens is 2. The van der Waals surface area contributed by atoms with E-state index in [0.717, 1.165) is 38.8 Å². The van der Waals surface area contributed by atoms with Crippen LogP contribution in [0.3, 0.4) is 0 Å². The smallest absolute Gasteiger partial charge is 0.0594 e. The number of piperidine rings is 1. The number of ether oxygens (including phenoxy) is 1. The Hall–Kier alpha value is -0.910. The third kappa shape index (κ3) is 3.59. The summed E-state index contributed by atoms with van der Waals surface area (Å²) in [4.78, 5) is 5.16. The van der Waals surface area contributed by atoms with Crippen molar-refractivity contribution in [2.24, 2.45) is 5.92 Å². The highest BCUT2D eigenvalue weighted by Crippen LogP contribution is 2.20. The summed E-state index contributed by atoms with van der Waals surface area (Å²) in [5, 5.41) is 7.16. The minimum atomic E-state index is 0.814. The fourth-order valence-corrected chi connectivity index (χ4v) is 3.37. The topological polar surface area (TPSA) is 44.4 Å². The molecule has 1 atom stereocenters. The number of morpholine rings is 1. The van der Waals surface area contributed by atoms with Gasteiger partial charge in [0.25, 0.3) is 0 Å². The number of hydrogen-bond acceptors (Lipinski definition) is 4. The highest BCUT2D eigenvalue weighted by atomic mass is 16.5. The summed E-state index contributed by atoms with van der Waals surface area (Å²) >= 11 is 0. The van der Waals surface area contributed by atoms with Crippen LogP contribution >= 0.6 is 0 Å². The minimum Gasteiger partial charge on any atom is -0.379 e. The largest absolute Gasteiger partial charge is 0.379 e. The van der Waals surface area contributed by atoms with Crippen molar-refractivity contribution in [1.82, 2.24) is 20.0 Å². The highest BCUT2D eigenvalue weighted by Gasteiger charge is 2.23. The van der Waals surface area contributed by atoms with Gasteiger partial charge in [0.15, 0.2) is 0 Å². The summed E-state index contributed by atoms with van der Waals surface area (Å²) in [5.74, 6) is 0.814. The molecule has 112 valence electrons. The number of hydrogen-bond donors (Lipinski definition) is 1. The molecule has 2 saturated heterocycles. The summed E-state index contributed by atoms with van der Waals surface area (Å²) in [6, 6.07) is 0. The minimum absolute atomic E-state index is 0.814. The fraction of sp³-hybridized carbons (Fsp3) is 0.800. The van der Waals surface area contributed by atoms with Crippen LogP contribution in [0.15, 0.2) is 6.20 Å². The lowest BCUT2D eigenvalue weighted by atomic mass is 9.97. The summed E-state index contributed by atoms with van der Waals surface area (Å²) in [6.45, 7) is 10.9. The van der Waals surface area contributed by atoms with Crippen LogP contribution in [0.4, 0.5) is 0 Å². The zero-order chi connectivity index (χ0) is 13.8. The standard InChI is InChI=1S/C15H26N4O/c1-13-15(9-16-17-13)12-19-4-2-3-14(11-19)10-18-5-7-20-8-6-18/h9,14H,2-8,10-12H2,1H3,(H,16,17)/t14-/m1/s1. The Morgan fingerprint density at radius 2 is 2.15 bits per heavy atom. The lowest BCUT2D eigenvalue weighted by Gasteiger charge is -2.36. The van der Waals surface area contributed by atoms with Gasteiger partial charge in [0.05, 0.1) is 19.4 Å². The molecule has 20 heavy (non-hydrogen) atoms. The van der Waals surface area contributed by atoms with E-state index in [2.05, 4.69) is 26.9 Å². The number of aryl methyl sites for hydroxylation is 1. The van der Waals surface area contributed by atoms with E-state index < -0.39 is 0 Å². The van der Waals surface area contributed by atoms with Crippen LogP contribution in [0.5, 0.6) is 0 Å². The van der Waals surface area contributed by atoms with E-state index in [4.69, 9.17) is 4.74 Å². The first-order chi connectivity index (χ1) is 9.81. The van der Waals surface area contributed by atoms with Crippen LogP contribution < -0.4 is 0 Å². The molecule has 1 aromatic rings. The highest BCUT2D eigenvalue weighted by molar-refractivity contribution is 5.14. The van der Waals surface area contributed by atoms with Crippen LogP contribution in [0, 0.1) is 12.8 Å². The summed E-state index contributed by atoms with van der Waals surface area (Å²) in [5.41, 5.74) is 2.55. The van der Waals surface area contributed by atoms with E-state index in [0.29, 0.717) is 0 Å². The van der Waals surface area contributed by atoms with Gasteiger partial charge in [-0.1, -0.05) is 0 Å². The number of nitrogens with one attached hydrogen (secondary N) is 1. The predicted molar refractivity (Wildman–Crippen MR) is 78.6 cm³/mol. The average molecular weight is 278 g/mol. The van der Waals surface area contributed by atoms with Gasteiger partial charge < -0.3 is 4.74 Å². The van der Waals surface area contributed by atoms with Crippen molar-refractivity contribution in [2.75, 3.05) is 45.9 Å². The van der Waals surface area contributed by atoms with Gasteiger partial charge in [-0.05, 0) is 32.2 Å². The summed E-state index contributed by atoms with van der Waals surface area (Å²) < 4.78 is 5.43. The van der Waals surface area contributed by atoms with Crippen LogP contribution in [0.2, 0.25) is 0 Å². The molecule has 3 rings (SSSR count). The Balaban J connectivity index is 1.49. The molecular weight excluding hydrogens is 252 g/mol. The maximum atomic E-state index is 5.43. The van der Waals surface area contributed by atoms with E-state index in [1.54, 1.807) is 0 Å². The maximum Gasteiger partial charge on any atom is 0.0594 e. The molecule has 1 N–H and O–H groups in total. The number of rotatable bonds is 4. The quantitative estimate of drug-likeness (QED) is 0.900. The first-order valence-corrected chi connectivity index (χ1v) is 7.82. The number of nitrogens with zero attached hydrogens (tertiary/aromatic N) is 3. The van der Waals surface area contributed by atoms with Gasteiger partial charge in [0.1, 0.15) is 0 Å². The summed E-state index contributed by atoms with van der Waals surface area (Å²) in [7, 11) is 0. The van der Waals surface area contributed by atoms with Crippen molar-refractivity contribution in [3.8, 4) is 0 Å². The molecule has 0 bridgehead atoms. The number of likely N-dealkylation sites (tertiary alicyclic amines) is 1. The molecule has 0 aliphatic carbocycles. The SMILES string of the molecule is Cc1[nH]ncc1CN1CCC[C@H](CN2CCOCC2)C1. The van der Waals surface area contributed by atoms with Gasteiger partial charge in [0, 0.05) is 44.0 Å². The molecule has 0 unspecified atom stereocenters. The average Bonchev–Trinajstić information content (AvgIpc) is 2.86. The molecule has 5 heteroatoms. The van der Waals surface area contributed by atoms with Crippen molar-refractivity contribution < 1.29 is 4.74 Å². The molecule has 5 nitrogen and oxygen atoms in total. The molecule has 0 amide bonds. The fourth-order valence-electron chi connectivity index (χ4n) is 3.37. The molecule has 0 aromatic carbocycles. The maximum absolute atomic E-state index is 5.43. The monoisotopic (exact) mass is 278 g/mol. The van der Waals surface area contributed by atoms with Crippen LogP contribution in [-0.4, -0.2) is 65.9 Å². The van der Waals surface area contributed by atoms with Crippen LogP contribution in [0.25, 0.3) is 0 Å². The molecule has 0 saturated carbocycles. The van der Waals surface area contributed by atoms with Gasteiger partial charge in [-0.3, -0.25) is 14.9 Å². The van der Waals surface area contributed by atoms with Crippen molar-refractivity contribution in [3.63, 3.8) is 0 Å². The molecule has 2 fully saturated rings. The van der Waals surface area contributed by atoms with Crippen molar-refractivity contribution in [3.05, 3.63) is 17.5 Å². The van der Waals surface area contributed by atoms with Crippen LogP contribution in [0.1, 0.15) is 24.1 Å². The molecule has 0 spiro atoms. The zero-order valence-electron chi connectivity index (χ0n) is 12.5. The Labute approximate surface area is 121 Å². The Morgan fingerprint density at radius 1 is 1.30 bits per heavy atom. The van der Waals surface area contributed by atoms with Gasteiger partial charge in [-0.2, -0.15) is 5.10 Å². The molecule has 2 aliphatic rings. The van der Waals surface area contributed by atoms with Crippen molar-refractivity contribution in [1.29, 1.82) is 0 Å². The van der Waals surface area contributed by atoms with E-state index >= 15 is 0 Å². The van der Waals surface area contributed by atoms with Crippen molar-refractivity contribution >= 4 is 0 Å². The molecular formula is C15H26N4O. The Morgan fingerprint density at radius 3 is 2.90 bits per heavy atom. The first-order valence-electron chi connectivity index (χ1n) is 7.82. The van der Waals surface area contributed by atoms with Gasteiger partial charge in [-0.15, -0.1) is 0 Å². The second-order valence-corrected chi connectivity index (χ2v) is 6.18. The normalized spacial score (nSPS) is 25.9. The predicted octanol–water partition coefficient (Wildman–Crippen LogP) is 1.26. The van der Waals surface area contributed by atoms with E-state index in [9.17, 15) is 0 Å². The molecule has 0 radical (unpaired) electrons. The van der Waals surface area contributed by atoms with Gasteiger partial charge in [-0.25, -0.2) is 0 Å². The second-order valence-electron chi connectivity index (χ2n) is 6.18. The van der Waals surface area contributed by atoms with E-state index in [1.165, 1.54) is 43.7 Å². The second kappa shape index (κ2) is 6.70. The lowest BCUT2D eigenvalue weighted by Crippen LogP contribution is -2.44. The third-order valence-corrected chi connectivity index (χ3v) is 4.55. The zero-order valence-corrected chi connectivity index (χ0v) is 12.5. The third-order valence-electron chi connectivity index (χ3n) is 4.55. The Kier molecular flexibility index (Phi) is 4.70. The number of H-pyrrole nitrogens is 1. The first kappa shape index (κ1) is 14.0.